The topological polar surface area (TPSA) is 57.5 Å². The van der Waals surface area contributed by atoms with E-state index in [2.05, 4.69) is 6.92 Å². The quantitative estimate of drug-likeness (QED) is 0.689. The lowest BCUT2D eigenvalue weighted by molar-refractivity contribution is -0.122. The largest absolute Gasteiger partial charge is 0.393 e. The molecule has 0 aromatic carbocycles. The van der Waals surface area contributed by atoms with E-state index >= 15 is 0 Å². The molecule has 0 radical (unpaired) electrons. The van der Waals surface area contributed by atoms with Crippen molar-refractivity contribution in [2.45, 2.75) is 57.7 Å². The lowest BCUT2D eigenvalue weighted by Gasteiger charge is -2.54. The predicted octanol–water partition coefficient (Wildman–Crippen LogP) is 1.82. The molecule has 0 spiro atoms. The molecule has 100 valence electrons. The van der Waals surface area contributed by atoms with Gasteiger partial charge in [-0.05, 0) is 55.4 Å². The average Bonchev–Trinajstić information content (AvgIpc) is 2.34. The van der Waals surface area contributed by atoms with Gasteiger partial charge in [-0.15, -0.1) is 0 Å². The summed E-state index contributed by atoms with van der Waals surface area (Å²) in [5, 5.41) is 20.6. The molecular formula is C15H22O3. The van der Waals surface area contributed by atoms with Gasteiger partial charge in [0.25, 0.3) is 0 Å². The number of carbonyl (C=O) groups is 1. The number of hydrogen-bond acceptors (Lipinski definition) is 3. The Labute approximate surface area is 108 Å². The van der Waals surface area contributed by atoms with Gasteiger partial charge < -0.3 is 10.2 Å². The molecule has 0 saturated heterocycles. The van der Waals surface area contributed by atoms with Crippen LogP contribution in [-0.2, 0) is 4.79 Å². The fraction of sp³-hybridized carbons (Fsp3) is 0.800. The molecule has 0 heterocycles. The minimum atomic E-state index is -0.319. The van der Waals surface area contributed by atoms with Crippen molar-refractivity contribution >= 4 is 5.78 Å². The summed E-state index contributed by atoms with van der Waals surface area (Å²) in [6.07, 6.45) is 5.89. The number of fused-ring (bicyclic) bond motifs is 3. The summed E-state index contributed by atoms with van der Waals surface area (Å²) in [7, 11) is 0. The fourth-order valence-electron chi connectivity index (χ4n) is 4.56. The first-order valence-corrected chi connectivity index (χ1v) is 7.12. The maximum absolute atomic E-state index is 11.6. The second kappa shape index (κ2) is 4.17. The van der Waals surface area contributed by atoms with E-state index in [1.165, 1.54) is 5.57 Å². The van der Waals surface area contributed by atoms with Crippen LogP contribution in [0.5, 0.6) is 0 Å². The summed E-state index contributed by atoms with van der Waals surface area (Å²) < 4.78 is 0. The minimum absolute atomic E-state index is 0.0718. The number of hydrogen-bond donors (Lipinski definition) is 2. The fourth-order valence-corrected chi connectivity index (χ4v) is 4.56. The lowest BCUT2D eigenvalue weighted by atomic mass is 9.52. The van der Waals surface area contributed by atoms with Crippen LogP contribution >= 0.6 is 0 Å². The first-order valence-electron chi connectivity index (χ1n) is 7.12. The summed E-state index contributed by atoms with van der Waals surface area (Å²) in [6.45, 7) is 2.18. The molecule has 0 bridgehead atoms. The zero-order valence-corrected chi connectivity index (χ0v) is 10.9. The predicted molar refractivity (Wildman–Crippen MR) is 67.9 cm³/mol. The van der Waals surface area contributed by atoms with Crippen LogP contribution in [0.3, 0.4) is 0 Å². The summed E-state index contributed by atoms with van der Waals surface area (Å²) in [4.78, 5) is 11.6. The molecule has 0 amide bonds. The molecule has 0 aromatic rings. The van der Waals surface area contributed by atoms with Crippen molar-refractivity contribution in [3.8, 4) is 0 Å². The molecule has 0 aliphatic heterocycles. The Balaban J connectivity index is 1.99. The van der Waals surface area contributed by atoms with Crippen molar-refractivity contribution in [1.82, 2.24) is 0 Å². The molecule has 3 aliphatic rings. The van der Waals surface area contributed by atoms with Crippen molar-refractivity contribution in [3.05, 3.63) is 11.6 Å². The van der Waals surface area contributed by atoms with Gasteiger partial charge in [0.1, 0.15) is 0 Å². The average molecular weight is 250 g/mol. The van der Waals surface area contributed by atoms with Gasteiger partial charge in [0.2, 0.25) is 0 Å². The minimum Gasteiger partial charge on any atom is -0.393 e. The van der Waals surface area contributed by atoms with E-state index < -0.39 is 0 Å². The Morgan fingerprint density at radius 3 is 2.67 bits per heavy atom. The number of aliphatic hydroxyl groups excluding tert-OH is 2. The summed E-state index contributed by atoms with van der Waals surface area (Å²) >= 11 is 0. The van der Waals surface area contributed by atoms with Crippen LogP contribution in [0.15, 0.2) is 11.6 Å². The monoisotopic (exact) mass is 250 g/mol. The van der Waals surface area contributed by atoms with Gasteiger partial charge in [-0.2, -0.15) is 0 Å². The van der Waals surface area contributed by atoms with Crippen molar-refractivity contribution < 1.29 is 15.0 Å². The standard InChI is InChI=1S/C15H22O3/c1-15-7-6-10(16)8-9(15)2-3-11-12(17)4-5-13(18)14(11)15/h8,11-14,17-18H,2-7H2,1H3/t11-,12-,13-,14-,15+/m1/s1. The Morgan fingerprint density at radius 1 is 1.17 bits per heavy atom. The molecule has 3 rings (SSSR count). The second-order valence-corrected chi connectivity index (χ2v) is 6.49. The Bertz CT molecular complexity index is 401. The van der Waals surface area contributed by atoms with Crippen LogP contribution in [0, 0.1) is 17.3 Å². The summed E-state index contributed by atoms with van der Waals surface area (Å²) in [5.74, 6) is 0.574. The van der Waals surface area contributed by atoms with Crippen LogP contribution in [0.4, 0.5) is 0 Å². The van der Waals surface area contributed by atoms with Crippen molar-refractivity contribution in [2.75, 3.05) is 0 Å². The number of allylic oxidation sites excluding steroid dienone is 2. The van der Waals surface area contributed by atoms with E-state index in [0.29, 0.717) is 12.8 Å². The van der Waals surface area contributed by atoms with Gasteiger partial charge in [0, 0.05) is 6.42 Å². The number of ketones is 1. The third-order valence-electron chi connectivity index (χ3n) is 5.57. The van der Waals surface area contributed by atoms with Gasteiger partial charge in [-0.1, -0.05) is 12.5 Å². The highest BCUT2D eigenvalue weighted by Crippen LogP contribution is 2.56. The lowest BCUT2D eigenvalue weighted by Crippen LogP contribution is -2.53. The van der Waals surface area contributed by atoms with Gasteiger partial charge in [0.05, 0.1) is 12.2 Å². The Morgan fingerprint density at radius 2 is 1.89 bits per heavy atom. The molecule has 5 atom stereocenters. The van der Waals surface area contributed by atoms with Crippen molar-refractivity contribution in [1.29, 1.82) is 0 Å². The Hall–Kier alpha value is -0.670. The van der Waals surface area contributed by atoms with E-state index in [-0.39, 0.29) is 35.2 Å². The molecule has 18 heavy (non-hydrogen) atoms. The van der Waals surface area contributed by atoms with Crippen molar-refractivity contribution in [3.63, 3.8) is 0 Å². The van der Waals surface area contributed by atoms with E-state index in [0.717, 1.165) is 25.7 Å². The van der Waals surface area contributed by atoms with E-state index in [1.807, 2.05) is 6.08 Å². The van der Waals surface area contributed by atoms with Crippen molar-refractivity contribution in [2.24, 2.45) is 17.3 Å². The summed E-state index contributed by atoms with van der Waals surface area (Å²) in [5.41, 5.74) is 1.14. The Kier molecular flexibility index (Phi) is 2.87. The molecule has 2 saturated carbocycles. The number of carbonyl (C=O) groups excluding carboxylic acids is 1. The van der Waals surface area contributed by atoms with Gasteiger partial charge in [0.15, 0.2) is 5.78 Å². The van der Waals surface area contributed by atoms with Gasteiger partial charge in [-0.3, -0.25) is 4.79 Å². The second-order valence-electron chi connectivity index (χ2n) is 6.49. The van der Waals surface area contributed by atoms with Crippen LogP contribution in [0.2, 0.25) is 0 Å². The molecule has 2 fully saturated rings. The maximum atomic E-state index is 11.6. The molecule has 2 N–H and O–H groups in total. The third kappa shape index (κ3) is 1.68. The van der Waals surface area contributed by atoms with Crippen LogP contribution in [0.25, 0.3) is 0 Å². The number of aliphatic hydroxyl groups is 2. The number of rotatable bonds is 0. The SMILES string of the molecule is C[C@]12CCC(=O)C=C1CC[C@H]1[C@@H]2[C@H](O)CC[C@H]1O. The van der Waals surface area contributed by atoms with Gasteiger partial charge >= 0.3 is 0 Å². The van der Waals surface area contributed by atoms with Crippen LogP contribution in [0.1, 0.15) is 45.4 Å². The van der Waals surface area contributed by atoms with Crippen LogP contribution in [-0.4, -0.2) is 28.2 Å². The first-order chi connectivity index (χ1) is 8.52. The molecule has 3 nitrogen and oxygen atoms in total. The highest BCUT2D eigenvalue weighted by Gasteiger charge is 2.53. The molecule has 3 heteroatoms. The van der Waals surface area contributed by atoms with E-state index in [9.17, 15) is 15.0 Å². The normalized spacial score (nSPS) is 48.2. The molecule has 3 aliphatic carbocycles. The first kappa shape index (κ1) is 12.4. The summed E-state index contributed by atoms with van der Waals surface area (Å²) in [6, 6.07) is 0. The molecular weight excluding hydrogens is 228 g/mol. The van der Waals surface area contributed by atoms with Crippen LogP contribution < -0.4 is 0 Å². The molecule has 0 aromatic heterocycles. The zero-order valence-electron chi connectivity index (χ0n) is 10.9. The highest BCUT2D eigenvalue weighted by atomic mass is 16.3. The van der Waals surface area contributed by atoms with Gasteiger partial charge in [-0.25, -0.2) is 0 Å². The zero-order chi connectivity index (χ0) is 12.9. The maximum Gasteiger partial charge on any atom is 0.155 e. The van der Waals surface area contributed by atoms with E-state index in [1.54, 1.807) is 0 Å². The van der Waals surface area contributed by atoms with E-state index in [4.69, 9.17) is 0 Å². The third-order valence-corrected chi connectivity index (χ3v) is 5.57. The smallest absolute Gasteiger partial charge is 0.155 e. The molecule has 0 unspecified atom stereocenters. The highest BCUT2D eigenvalue weighted by molar-refractivity contribution is 5.91.